The molecule has 0 aliphatic carbocycles. The second-order valence-electron chi connectivity index (χ2n) is 5.24. The zero-order valence-electron chi connectivity index (χ0n) is 14.3. The second-order valence-corrected chi connectivity index (χ2v) is 6.05. The third-order valence-electron chi connectivity index (χ3n) is 3.54. The molecule has 1 aromatic heterocycles. The van der Waals surface area contributed by atoms with Crippen LogP contribution in [0.5, 0.6) is 0 Å². The fourth-order valence-electron chi connectivity index (χ4n) is 2.43. The van der Waals surface area contributed by atoms with Gasteiger partial charge in [-0.1, -0.05) is 12.1 Å². The van der Waals surface area contributed by atoms with Gasteiger partial charge in [0, 0.05) is 7.05 Å². The minimum atomic E-state index is -0.465. The van der Waals surface area contributed by atoms with Crippen LogP contribution in [0.2, 0.25) is 0 Å². The first-order chi connectivity index (χ1) is 12.0. The van der Waals surface area contributed by atoms with Crippen LogP contribution in [0.25, 0.3) is 0 Å². The Morgan fingerprint density at radius 1 is 1.32 bits per heavy atom. The van der Waals surface area contributed by atoms with E-state index in [0.717, 1.165) is 11.3 Å². The molecule has 1 heterocycles. The van der Waals surface area contributed by atoms with Gasteiger partial charge in [-0.2, -0.15) is 0 Å². The molecule has 2 aromatic rings. The number of aromatic nitrogens is 2. The quantitative estimate of drug-likeness (QED) is 0.519. The van der Waals surface area contributed by atoms with E-state index in [0.29, 0.717) is 22.5 Å². The van der Waals surface area contributed by atoms with Crippen molar-refractivity contribution in [2.75, 3.05) is 30.0 Å². The van der Waals surface area contributed by atoms with Gasteiger partial charge >= 0.3 is 5.97 Å². The summed E-state index contributed by atoms with van der Waals surface area (Å²) in [5.74, 6) is 0.147. The van der Waals surface area contributed by atoms with Gasteiger partial charge in [0.25, 0.3) is 0 Å². The number of hydrogen-bond acceptors (Lipinski definition) is 6. The summed E-state index contributed by atoms with van der Waals surface area (Å²) in [6.45, 7) is 3.75. The summed E-state index contributed by atoms with van der Waals surface area (Å²) in [4.78, 5) is 35.0. The summed E-state index contributed by atoms with van der Waals surface area (Å²) >= 11 is 3.26. The maximum Gasteiger partial charge on any atom is 0.326 e. The number of carbonyl (C=O) groups excluding carboxylic acids is 2. The van der Waals surface area contributed by atoms with Gasteiger partial charge in [0.05, 0.1) is 30.4 Å². The molecule has 132 valence electrons. The average Bonchev–Trinajstić information content (AvgIpc) is 2.60. The Morgan fingerprint density at radius 3 is 2.68 bits per heavy atom. The Bertz CT molecular complexity index is 752. The maximum absolute atomic E-state index is 11.8. The van der Waals surface area contributed by atoms with E-state index in [-0.39, 0.29) is 13.2 Å². The number of esters is 1. The van der Waals surface area contributed by atoms with E-state index in [1.165, 1.54) is 4.90 Å². The van der Waals surface area contributed by atoms with Crippen molar-refractivity contribution in [2.45, 2.75) is 13.8 Å². The molecule has 0 unspecified atom stereocenters. The number of ether oxygens (including phenoxy) is 1. The van der Waals surface area contributed by atoms with Gasteiger partial charge in [0.1, 0.15) is 11.1 Å². The maximum atomic E-state index is 11.8. The standard InChI is InChI=1S/C17H19BrN4O3/c1-4-25-16(24)10-22(11-23)13-7-5-6-12(2)17(13)21(3)15-9-19-14(18)8-20-15/h5-9,11H,4,10H2,1-3H3. The van der Waals surface area contributed by atoms with Crippen LogP contribution in [0.3, 0.4) is 0 Å². The van der Waals surface area contributed by atoms with E-state index < -0.39 is 5.97 Å². The van der Waals surface area contributed by atoms with Crippen molar-refractivity contribution in [3.8, 4) is 0 Å². The minimum Gasteiger partial charge on any atom is -0.465 e. The van der Waals surface area contributed by atoms with Gasteiger partial charge in [-0.25, -0.2) is 9.97 Å². The molecule has 7 nitrogen and oxygen atoms in total. The number of rotatable bonds is 7. The van der Waals surface area contributed by atoms with E-state index in [1.54, 1.807) is 25.4 Å². The molecule has 0 radical (unpaired) electrons. The second kappa shape index (κ2) is 8.57. The van der Waals surface area contributed by atoms with Crippen LogP contribution in [0.1, 0.15) is 12.5 Å². The van der Waals surface area contributed by atoms with Crippen molar-refractivity contribution < 1.29 is 14.3 Å². The molecule has 8 heteroatoms. The summed E-state index contributed by atoms with van der Waals surface area (Å²) < 4.78 is 5.57. The molecule has 0 saturated heterocycles. The number of benzene rings is 1. The average molecular weight is 407 g/mol. The van der Waals surface area contributed by atoms with Crippen LogP contribution in [0.4, 0.5) is 17.2 Å². The third kappa shape index (κ3) is 4.54. The lowest BCUT2D eigenvalue weighted by Crippen LogP contribution is -2.31. The number of anilines is 3. The first kappa shape index (κ1) is 18.9. The van der Waals surface area contributed by atoms with Crippen LogP contribution < -0.4 is 9.80 Å². The van der Waals surface area contributed by atoms with Crippen molar-refractivity contribution in [3.05, 3.63) is 40.8 Å². The number of nitrogens with zero attached hydrogens (tertiary/aromatic N) is 4. The molecule has 0 atom stereocenters. The Labute approximate surface area is 154 Å². The summed E-state index contributed by atoms with van der Waals surface area (Å²) in [5, 5.41) is 0. The Kier molecular flexibility index (Phi) is 6.46. The molecule has 0 N–H and O–H groups in total. The monoisotopic (exact) mass is 406 g/mol. The molecule has 25 heavy (non-hydrogen) atoms. The molecule has 0 saturated carbocycles. The fraction of sp³-hybridized carbons (Fsp3) is 0.294. The van der Waals surface area contributed by atoms with Crippen molar-refractivity contribution in [3.63, 3.8) is 0 Å². The summed E-state index contributed by atoms with van der Waals surface area (Å²) in [6.07, 6.45) is 3.84. The van der Waals surface area contributed by atoms with Gasteiger partial charge in [0.2, 0.25) is 6.41 Å². The Morgan fingerprint density at radius 2 is 2.08 bits per heavy atom. The Hall–Kier alpha value is -2.48. The first-order valence-electron chi connectivity index (χ1n) is 7.66. The minimum absolute atomic E-state index is 0.159. The number of aryl methyl sites for hydroxylation is 1. The molecule has 0 fully saturated rings. The smallest absolute Gasteiger partial charge is 0.326 e. The molecular formula is C17H19BrN4O3. The zero-order valence-corrected chi connectivity index (χ0v) is 15.9. The highest BCUT2D eigenvalue weighted by atomic mass is 79.9. The molecule has 0 aliphatic rings. The van der Waals surface area contributed by atoms with Crippen LogP contribution in [0.15, 0.2) is 35.2 Å². The predicted molar refractivity (Wildman–Crippen MR) is 99.0 cm³/mol. The fourth-order valence-corrected chi connectivity index (χ4v) is 2.63. The van der Waals surface area contributed by atoms with Gasteiger partial charge in [-0.3, -0.25) is 9.59 Å². The third-order valence-corrected chi connectivity index (χ3v) is 3.95. The highest BCUT2D eigenvalue weighted by molar-refractivity contribution is 9.10. The summed E-state index contributed by atoms with van der Waals surface area (Å²) in [6, 6.07) is 5.53. The van der Waals surface area contributed by atoms with Gasteiger partial charge in [-0.15, -0.1) is 0 Å². The SMILES string of the molecule is CCOC(=O)CN(C=O)c1cccc(C)c1N(C)c1cnc(Br)cn1. The van der Waals surface area contributed by atoms with Crippen molar-refractivity contribution in [1.29, 1.82) is 0 Å². The molecule has 0 spiro atoms. The van der Waals surface area contributed by atoms with E-state index in [1.807, 2.05) is 31.0 Å². The van der Waals surface area contributed by atoms with Gasteiger partial charge in [-0.05, 0) is 41.4 Å². The largest absolute Gasteiger partial charge is 0.465 e. The molecule has 1 amide bonds. The molecule has 2 rings (SSSR count). The zero-order chi connectivity index (χ0) is 18.4. The van der Waals surface area contributed by atoms with E-state index in [2.05, 4.69) is 25.9 Å². The topological polar surface area (TPSA) is 75.6 Å². The van der Waals surface area contributed by atoms with Crippen LogP contribution in [-0.4, -0.2) is 42.5 Å². The van der Waals surface area contributed by atoms with Crippen LogP contribution >= 0.6 is 15.9 Å². The first-order valence-corrected chi connectivity index (χ1v) is 8.45. The molecular weight excluding hydrogens is 388 g/mol. The lowest BCUT2D eigenvalue weighted by Gasteiger charge is -2.27. The van der Waals surface area contributed by atoms with Crippen molar-refractivity contribution in [1.82, 2.24) is 9.97 Å². The molecule has 0 bridgehead atoms. The lowest BCUT2D eigenvalue weighted by molar-refractivity contribution is -0.141. The van der Waals surface area contributed by atoms with Gasteiger partial charge in [0.15, 0.2) is 5.82 Å². The van der Waals surface area contributed by atoms with Crippen molar-refractivity contribution >= 4 is 45.5 Å². The summed E-state index contributed by atoms with van der Waals surface area (Å²) in [7, 11) is 1.83. The molecule has 1 aromatic carbocycles. The van der Waals surface area contributed by atoms with Crippen molar-refractivity contribution in [2.24, 2.45) is 0 Å². The normalized spacial score (nSPS) is 10.2. The number of amides is 1. The highest BCUT2D eigenvalue weighted by Gasteiger charge is 2.20. The number of hydrogen-bond donors (Lipinski definition) is 0. The van der Waals surface area contributed by atoms with E-state index >= 15 is 0 Å². The van der Waals surface area contributed by atoms with Crippen LogP contribution in [-0.2, 0) is 14.3 Å². The van der Waals surface area contributed by atoms with Crippen LogP contribution in [0, 0.1) is 6.92 Å². The highest BCUT2D eigenvalue weighted by Crippen LogP contribution is 2.35. The van der Waals surface area contributed by atoms with E-state index in [4.69, 9.17) is 4.74 Å². The Balaban J connectivity index is 2.42. The predicted octanol–water partition coefficient (Wildman–Crippen LogP) is 2.84. The van der Waals surface area contributed by atoms with Gasteiger partial charge < -0.3 is 14.5 Å². The number of carbonyl (C=O) groups is 2. The van der Waals surface area contributed by atoms with E-state index in [9.17, 15) is 9.59 Å². The lowest BCUT2D eigenvalue weighted by atomic mass is 10.1. The number of halogens is 1. The summed E-state index contributed by atoms with van der Waals surface area (Å²) in [5.41, 5.74) is 2.28. The molecule has 0 aliphatic heterocycles. The number of para-hydroxylation sites is 1.